The Morgan fingerprint density at radius 3 is 2.76 bits per heavy atom. The normalized spacial score (nSPS) is 16.1. The van der Waals surface area contributed by atoms with Crippen molar-refractivity contribution >= 4 is 23.0 Å². The lowest BCUT2D eigenvalue weighted by Gasteiger charge is -2.30. The second kappa shape index (κ2) is 5.55. The molecule has 0 atom stereocenters. The number of anilines is 1. The summed E-state index contributed by atoms with van der Waals surface area (Å²) in [5, 5.41) is 7.07. The number of piperidine rings is 1. The van der Waals surface area contributed by atoms with Gasteiger partial charge in [0, 0.05) is 44.0 Å². The quantitative estimate of drug-likeness (QED) is 0.910. The second-order valence-electron chi connectivity index (χ2n) is 5.39. The predicted octanol–water partition coefficient (Wildman–Crippen LogP) is 1.53. The van der Waals surface area contributed by atoms with Crippen LogP contribution < -0.4 is 5.32 Å². The Labute approximate surface area is 122 Å². The Bertz CT molecular complexity index is 671. The zero-order valence-electron chi connectivity index (χ0n) is 12.0. The molecule has 1 aliphatic rings. The van der Waals surface area contributed by atoms with Crippen molar-refractivity contribution in [3.63, 3.8) is 0 Å². The van der Waals surface area contributed by atoms with Crippen LogP contribution >= 0.6 is 0 Å². The van der Waals surface area contributed by atoms with Crippen molar-refractivity contribution < 1.29 is 9.59 Å². The molecule has 6 heteroatoms. The SMILES string of the molecule is CC(=O)N1CCC(C(=O)Nc2ccn3nccc3c2)CC1. The number of fused-ring (bicyclic) bond motifs is 1. The van der Waals surface area contributed by atoms with Gasteiger partial charge in [0.25, 0.3) is 0 Å². The minimum Gasteiger partial charge on any atom is -0.343 e. The Balaban J connectivity index is 1.62. The van der Waals surface area contributed by atoms with Gasteiger partial charge in [-0.05, 0) is 31.0 Å². The molecule has 3 heterocycles. The molecule has 0 aromatic carbocycles. The van der Waals surface area contributed by atoms with E-state index in [0.717, 1.165) is 24.0 Å². The van der Waals surface area contributed by atoms with Gasteiger partial charge >= 0.3 is 0 Å². The van der Waals surface area contributed by atoms with Crippen LogP contribution in [0.5, 0.6) is 0 Å². The van der Waals surface area contributed by atoms with Crippen LogP contribution in [0, 0.1) is 5.92 Å². The summed E-state index contributed by atoms with van der Waals surface area (Å²) < 4.78 is 1.75. The standard InChI is InChI=1S/C15H18N4O2/c1-11(20)18-7-3-12(4-8-18)15(21)17-13-5-9-19-14(10-13)2-6-16-19/h2,5-6,9-10,12H,3-4,7-8H2,1H3,(H,17,21). The molecule has 1 aliphatic heterocycles. The Hall–Kier alpha value is -2.37. The summed E-state index contributed by atoms with van der Waals surface area (Å²) in [6.45, 7) is 2.89. The number of nitrogens with one attached hydrogen (secondary N) is 1. The van der Waals surface area contributed by atoms with Crippen molar-refractivity contribution in [2.45, 2.75) is 19.8 Å². The van der Waals surface area contributed by atoms with Crippen molar-refractivity contribution in [3.8, 4) is 0 Å². The van der Waals surface area contributed by atoms with Gasteiger partial charge in [-0.25, -0.2) is 4.52 Å². The van der Waals surface area contributed by atoms with Crippen LogP contribution in [-0.4, -0.2) is 39.4 Å². The fourth-order valence-electron chi connectivity index (χ4n) is 2.70. The summed E-state index contributed by atoms with van der Waals surface area (Å²) in [6.07, 6.45) is 4.99. The first-order chi connectivity index (χ1) is 10.1. The number of likely N-dealkylation sites (tertiary alicyclic amines) is 1. The highest BCUT2D eigenvalue weighted by Crippen LogP contribution is 2.20. The van der Waals surface area contributed by atoms with E-state index in [2.05, 4.69) is 10.4 Å². The van der Waals surface area contributed by atoms with Crippen LogP contribution in [0.3, 0.4) is 0 Å². The molecule has 0 aliphatic carbocycles. The molecule has 0 bridgehead atoms. The summed E-state index contributed by atoms with van der Waals surface area (Å²) >= 11 is 0. The molecule has 2 aromatic rings. The average molecular weight is 286 g/mol. The fourth-order valence-corrected chi connectivity index (χ4v) is 2.70. The van der Waals surface area contributed by atoms with E-state index in [0.29, 0.717) is 13.1 Å². The van der Waals surface area contributed by atoms with E-state index in [1.807, 2.05) is 24.4 Å². The van der Waals surface area contributed by atoms with Crippen molar-refractivity contribution in [3.05, 3.63) is 30.6 Å². The third-order valence-electron chi connectivity index (χ3n) is 3.98. The maximum Gasteiger partial charge on any atom is 0.227 e. The first-order valence-corrected chi connectivity index (χ1v) is 7.13. The molecule has 0 unspecified atom stereocenters. The largest absolute Gasteiger partial charge is 0.343 e. The minimum absolute atomic E-state index is 0.0262. The van der Waals surface area contributed by atoms with Crippen LogP contribution in [0.15, 0.2) is 30.6 Å². The van der Waals surface area contributed by atoms with Gasteiger partial charge in [0.1, 0.15) is 0 Å². The van der Waals surface area contributed by atoms with Gasteiger partial charge in [-0.3, -0.25) is 9.59 Å². The van der Waals surface area contributed by atoms with Crippen LogP contribution in [0.25, 0.3) is 5.52 Å². The lowest BCUT2D eigenvalue weighted by Crippen LogP contribution is -2.40. The third-order valence-corrected chi connectivity index (χ3v) is 3.98. The third kappa shape index (κ3) is 2.89. The maximum absolute atomic E-state index is 12.3. The zero-order chi connectivity index (χ0) is 14.8. The van der Waals surface area contributed by atoms with E-state index in [1.54, 1.807) is 22.5 Å². The maximum atomic E-state index is 12.3. The number of pyridine rings is 1. The number of hydrogen-bond acceptors (Lipinski definition) is 3. The molecular formula is C15H18N4O2. The number of carbonyl (C=O) groups is 2. The second-order valence-corrected chi connectivity index (χ2v) is 5.39. The summed E-state index contributed by atoms with van der Waals surface area (Å²) in [5.41, 5.74) is 1.72. The van der Waals surface area contributed by atoms with Crippen LogP contribution in [0.4, 0.5) is 5.69 Å². The molecule has 1 saturated heterocycles. The van der Waals surface area contributed by atoms with Gasteiger partial charge in [0.2, 0.25) is 11.8 Å². The number of nitrogens with zero attached hydrogens (tertiary/aromatic N) is 3. The van der Waals surface area contributed by atoms with Crippen LogP contribution in [0.1, 0.15) is 19.8 Å². The molecule has 1 fully saturated rings. The number of amides is 2. The smallest absolute Gasteiger partial charge is 0.227 e. The number of carbonyl (C=O) groups excluding carboxylic acids is 2. The summed E-state index contributed by atoms with van der Waals surface area (Å²) in [5.74, 6) is 0.0869. The molecule has 0 saturated carbocycles. The minimum atomic E-state index is -0.0262. The fraction of sp³-hybridized carbons (Fsp3) is 0.400. The first kappa shape index (κ1) is 13.6. The Morgan fingerprint density at radius 2 is 2.05 bits per heavy atom. The molecule has 2 aromatic heterocycles. The summed E-state index contributed by atoms with van der Waals surface area (Å²) in [4.78, 5) is 25.4. The van der Waals surface area contributed by atoms with E-state index >= 15 is 0 Å². The predicted molar refractivity (Wildman–Crippen MR) is 78.8 cm³/mol. The van der Waals surface area contributed by atoms with E-state index in [4.69, 9.17) is 0 Å². The van der Waals surface area contributed by atoms with Gasteiger partial charge in [0.05, 0.1) is 5.52 Å². The molecule has 1 N–H and O–H groups in total. The lowest BCUT2D eigenvalue weighted by molar-refractivity contribution is -0.132. The monoisotopic (exact) mass is 286 g/mol. The average Bonchev–Trinajstić information content (AvgIpc) is 2.95. The molecule has 0 radical (unpaired) electrons. The number of rotatable bonds is 2. The van der Waals surface area contributed by atoms with Crippen molar-refractivity contribution in [2.75, 3.05) is 18.4 Å². The zero-order valence-corrected chi connectivity index (χ0v) is 12.0. The van der Waals surface area contributed by atoms with E-state index in [-0.39, 0.29) is 17.7 Å². The van der Waals surface area contributed by atoms with Gasteiger partial charge in [-0.15, -0.1) is 0 Å². The number of hydrogen-bond donors (Lipinski definition) is 1. The molecule has 2 amide bonds. The van der Waals surface area contributed by atoms with Crippen molar-refractivity contribution in [1.82, 2.24) is 14.5 Å². The molecule has 21 heavy (non-hydrogen) atoms. The highest BCUT2D eigenvalue weighted by molar-refractivity contribution is 5.93. The summed E-state index contributed by atoms with van der Waals surface area (Å²) in [7, 11) is 0. The van der Waals surface area contributed by atoms with Gasteiger partial charge in [0.15, 0.2) is 0 Å². The highest BCUT2D eigenvalue weighted by atomic mass is 16.2. The van der Waals surface area contributed by atoms with Crippen LogP contribution in [0.2, 0.25) is 0 Å². The Kier molecular flexibility index (Phi) is 3.60. The topological polar surface area (TPSA) is 66.7 Å². The molecule has 3 rings (SSSR count). The summed E-state index contributed by atoms with van der Waals surface area (Å²) in [6, 6.07) is 5.62. The molecule has 0 spiro atoms. The highest BCUT2D eigenvalue weighted by Gasteiger charge is 2.25. The lowest BCUT2D eigenvalue weighted by atomic mass is 9.96. The Morgan fingerprint density at radius 1 is 1.29 bits per heavy atom. The number of aromatic nitrogens is 2. The molecule has 110 valence electrons. The van der Waals surface area contributed by atoms with Gasteiger partial charge < -0.3 is 10.2 Å². The van der Waals surface area contributed by atoms with E-state index < -0.39 is 0 Å². The van der Waals surface area contributed by atoms with E-state index in [9.17, 15) is 9.59 Å². The first-order valence-electron chi connectivity index (χ1n) is 7.13. The molecule has 6 nitrogen and oxygen atoms in total. The van der Waals surface area contributed by atoms with Gasteiger partial charge in [-0.2, -0.15) is 5.10 Å². The van der Waals surface area contributed by atoms with Crippen molar-refractivity contribution in [2.24, 2.45) is 5.92 Å². The van der Waals surface area contributed by atoms with Crippen LogP contribution in [-0.2, 0) is 9.59 Å². The van der Waals surface area contributed by atoms with Gasteiger partial charge in [-0.1, -0.05) is 0 Å². The van der Waals surface area contributed by atoms with E-state index in [1.165, 1.54) is 0 Å². The van der Waals surface area contributed by atoms with Crippen molar-refractivity contribution in [1.29, 1.82) is 0 Å². The molecular weight excluding hydrogens is 268 g/mol.